The molecule has 1 amide bonds. The minimum absolute atomic E-state index is 0.0136. The average molecular weight is 455 g/mol. The van der Waals surface area contributed by atoms with Crippen molar-refractivity contribution in [2.45, 2.75) is 19.0 Å². The van der Waals surface area contributed by atoms with E-state index in [1.165, 1.54) is 22.9 Å². The van der Waals surface area contributed by atoms with Gasteiger partial charge in [0.15, 0.2) is 0 Å². The molecule has 0 spiro atoms. The lowest BCUT2D eigenvalue weighted by Gasteiger charge is -2.38. The molecule has 32 heavy (non-hydrogen) atoms. The van der Waals surface area contributed by atoms with E-state index in [0.29, 0.717) is 24.6 Å². The third-order valence-corrected chi connectivity index (χ3v) is 4.56. The number of likely N-dealkylation sites (tertiary alicyclic amines) is 1. The Morgan fingerprint density at radius 1 is 1.28 bits per heavy atom. The number of ether oxygens (including phenoxy) is 3. The van der Waals surface area contributed by atoms with Crippen molar-refractivity contribution in [3.63, 3.8) is 0 Å². The molecular formula is C18H16F3N5O6. The van der Waals surface area contributed by atoms with E-state index in [1.54, 1.807) is 4.90 Å². The molecule has 3 heterocycles. The number of alkyl halides is 3. The third-order valence-electron chi connectivity index (χ3n) is 4.56. The molecule has 1 saturated heterocycles. The van der Waals surface area contributed by atoms with Crippen LogP contribution >= 0.6 is 0 Å². The molecule has 1 aromatic heterocycles. The van der Waals surface area contributed by atoms with Gasteiger partial charge >= 0.3 is 18.2 Å². The number of benzene rings is 1. The van der Waals surface area contributed by atoms with Crippen molar-refractivity contribution in [2.24, 2.45) is 4.99 Å². The van der Waals surface area contributed by atoms with Gasteiger partial charge in [-0.2, -0.15) is 0 Å². The second-order valence-electron chi connectivity index (χ2n) is 7.08. The molecule has 0 atom stereocenters. The predicted molar refractivity (Wildman–Crippen MR) is 101 cm³/mol. The van der Waals surface area contributed by atoms with Crippen LogP contribution in [-0.2, 0) is 11.3 Å². The Labute approximate surface area is 178 Å². The van der Waals surface area contributed by atoms with Crippen molar-refractivity contribution < 1.29 is 37.1 Å². The summed E-state index contributed by atoms with van der Waals surface area (Å²) in [5.74, 6) is -0.690. The second kappa shape index (κ2) is 8.45. The number of rotatable bonds is 6. The first-order valence-electron chi connectivity index (χ1n) is 9.33. The van der Waals surface area contributed by atoms with Crippen LogP contribution in [-0.4, -0.2) is 69.7 Å². The lowest BCUT2D eigenvalue weighted by Crippen LogP contribution is -2.55. The van der Waals surface area contributed by atoms with Gasteiger partial charge in [-0.1, -0.05) is 0 Å². The summed E-state index contributed by atoms with van der Waals surface area (Å²) in [5, 5.41) is 10.8. The minimum atomic E-state index is -4.75. The molecule has 2 aliphatic heterocycles. The Morgan fingerprint density at radius 2 is 1.97 bits per heavy atom. The zero-order chi connectivity index (χ0) is 22.9. The first kappa shape index (κ1) is 21.5. The fourth-order valence-electron chi connectivity index (χ4n) is 3.20. The van der Waals surface area contributed by atoms with Crippen molar-refractivity contribution in [1.29, 1.82) is 0 Å². The molecule has 2 aromatic rings. The van der Waals surface area contributed by atoms with E-state index in [4.69, 9.17) is 9.47 Å². The van der Waals surface area contributed by atoms with E-state index in [2.05, 4.69) is 14.7 Å². The van der Waals surface area contributed by atoms with Crippen LogP contribution in [0.3, 0.4) is 0 Å². The molecule has 0 bridgehead atoms. The van der Waals surface area contributed by atoms with Crippen LogP contribution < -0.4 is 14.2 Å². The van der Waals surface area contributed by atoms with Gasteiger partial charge in [0.05, 0.1) is 18.8 Å². The molecule has 1 aromatic carbocycles. The standard InChI is InChI=1S/C18H16F3N5O6/c19-18(20,21)32-13-3-1-12(2-4-13)31-14-6-24(7-14)9-16(27)22-11-5-25-8-15(26(28)29)23-17(25)30-10-11/h1-4,8,14H,5-7,9-10H2. The molecule has 4 rings (SSSR count). The van der Waals surface area contributed by atoms with Gasteiger partial charge in [0.25, 0.3) is 5.91 Å². The Morgan fingerprint density at radius 3 is 2.62 bits per heavy atom. The zero-order valence-electron chi connectivity index (χ0n) is 16.3. The highest BCUT2D eigenvalue weighted by molar-refractivity contribution is 5.97. The molecule has 0 N–H and O–H groups in total. The zero-order valence-corrected chi connectivity index (χ0v) is 16.3. The average Bonchev–Trinajstić information content (AvgIpc) is 3.10. The smallest absolute Gasteiger partial charge is 0.488 e. The van der Waals surface area contributed by atoms with E-state index < -0.39 is 17.2 Å². The van der Waals surface area contributed by atoms with Crippen molar-refractivity contribution in [2.75, 3.05) is 26.2 Å². The SMILES string of the molecule is O=C(CN1CC(Oc2ccc(OC(F)(F)F)cc2)C1)N=C1COc2nc([N+](=O)[O-])cn2C1. The maximum Gasteiger partial charge on any atom is 0.573 e. The normalized spacial score (nSPS) is 17.9. The number of nitro groups is 1. The maximum absolute atomic E-state index is 12.2. The van der Waals surface area contributed by atoms with Gasteiger partial charge in [-0.05, 0) is 29.2 Å². The van der Waals surface area contributed by atoms with E-state index in [-0.39, 0.29) is 43.4 Å². The predicted octanol–water partition coefficient (Wildman–Crippen LogP) is 1.81. The summed E-state index contributed by atoms with van der Waals surface area (Å²) in [6.45, 7) is 1.14. The lowest BCUT2D eigenvalue weighted by molar-refractivity contribution is -0.389. The van der Waals surface area contributed by atoms with Crippen LogP contribution in [0.1, 0.15) is 0 Å². The van der Waals surface area contributed by atoms with Crippen molar-refractivity contribution in [1.82, 2.24) is 14.5 Å². The number of amides is 1. The number of aliphatic imine (C=N–C) groups is 1. The van der Waals surface area contributed by atoms with Crippen LogP contribution in [0.4, 0.5) is 19.0 Å². The second-order valence-corrected chi connectivity index (χ2v) is 7.08. The molecule has 11 nitrogen and oxygen atoms in total. The number of hydrogen-bond donors (Lipinski definition) is 0. The van der Waals surface area contributed by atoms with Crippen LogP contribution in [0.2, 0.25) is 0 Å². The number of aromatic nitrogens is 2. The molecule has 0 aliphatic carbocycles. The van der Waals surface area contributed by atoms with Crippen molar-refractivity contribution >= 4 is 17.4 Å². The summed E-state index contributed by atoms with van der Waals surface area (Å²) in [5.41, 5.74) is 0.421. The number of nitrogens with zero attached hydrogens (tertiary/aromatic N) is 5. The first-order chi connectivity index (χ1) is 15.1. The summed E-state index contributed by atoms with van der Waals surface area (Å²) in [6.07, 6.45) is -3.75. The van der Waals surface area contributed by atoms with Gasteiger partial charge in [0.1, 0.15) is 30.4 Å². The molecule has 14 heteroatoms. The number of halogens is 3. The molecule has 1 fully saturated rings. The van der Waals surface area contributed by atoms with Crippen LogP contribution in [0.5, 0.6) is 17.5 Å². The van der Waals surface area contributed by atoms with Gasteiger partial charge in [-0.15, -0.1) is 13.2 Å². The van der Waals surface area contributed by atoms with Crippen LogP contribution in [0.25, 0.3) is 0 Å². The summed E-state index contributed by atoms with van der Waals surface area (Å²) < 4.78 is 52.7. The number of hydrogen-bond acceptors (Lipinski definition) is 8. The van der Waals surface area contributed by atoms with Gasteiger partial charge < -0.3 is 24.3 Å². The fraction of sp³-hybridized carbons (Fsp3) is 0.389. The van der Waals surface area contributed by atoms with Gasteiger partial charge in [0, 0.05) is 18.1 Å². The summed E-state index contributed by atoms with van der Waals surface area (Å²) >= 11 is 0. The molecule has 2 aliphatic rings. The number of imidazole rings is 1. The maximum atomic E-state index is 12.2. The van der Waals surface area contributed by atoms with Gasteiger partial charge in [-0.3, -0.25) is 14.3 Å². The van der Waals surface area contributed by atoms with Crippen molar-refractivity contribution in [3.8, 4) is 17.5 Å². The van der Waals surface area contributed by atoms with E-state index in [9.17, 15) is 28.1 Å². The molecule has 0 unspecified atom stereocenters. The largest absolute Gasteiger partial charge is 0.573 e. The molecule has 170 valence electrons. The number of carbonyl (C=O) groups excluding carboxylic acids is 1. The highest BCUT2D eigenvalue weighted by Crippen LogP contribution is 2.26. The molecular weight excluding hydrogens is 439 g/mol. The molecule has 0 saturated carbocycles. The quantitative estimate of drug-likeness (QED) is 0.478. The van der Waals surface area contributed by atoms with Gasteiger partial charge in [0.2, 0.25) is 0 Å². The Bertz CT molecular complexity index is 1050. The Balaban J connectivity index is 1.22. The first-order valence-corrected chi connectivity index (χ1v) is 9.33. The summed E-state index contributed by atoms with van der Waals surface area (Å²) in [4.78, 5) is 31.9. The van der Waals surface area contributed by atoms with Crippen molar-refractivity contribution in [3.05, 3.63) is 40.6 Å². The van der Waals surface area contributed by atoms with E-state index >= 15 is 0 Å². The Kier molecular flexibility index (Phi) is 5.69. The third kappa shape index (κ3) is 5.32. The van der Waals surface area contributed by atoms with E-state index in [0.717, 1.165) is 12.1 Å². The summed E-state index contributed by atoms with van der Waals surface area (Å²) in [6, 6.07) is 5.16. The lowest BCUT2D eigenvalue weighted by atomic mass is 10.1. The number of carbonyl (C=O) groups is 1. The monoisotopic (exact) mass is 455 g/mol. The Hall–Kier alpha value is -3.68. The fourth-order valence-corrected chi connectivity index (χ4v) is 3.20. The highest BCUT2D eigenvalue weighted by Gasteiger charge is 2.32. The van der Waals surface area contributed by atoms with Crippen LogP contribution in [0, 0.1) is 10.1 Å². The van der Waals surface area contributed by atoms with Gasteiger partial charge in [-0.25, -0.2) is 4.99 Å². The molecule has 0 radical (unpaired) electrons. The summed E-state index contributed by atoms with van der Waals surface area (Å²) in [7, 11) is 0. The van der Waals surface area contributed by atoms with Crippen LogP contribution in [0.15, 0.2) is 35.5 Å². The number of fused-ring (bicyclic) bond motifs is 1. The van der Waals surface area contributed by atoms with E-state index in [1.807, 2.05) is 0 Å². The minimum Gasteiger partial charge on any atom is -0.488 e. The highest BCUT2D eigenvalue weighted by atomic mass is 19.4. The topological polar surface area (TPSA) is 121 Å².